The lowest BCUT2D eigenvalue weighted by molar-refractivity contribution is 0.0742. The van der Waals surface area contributed by atoms with Crippen LogP contribution in [0.15, 0.2) is 36.4 Å². The second kappa shape index (κ2) is 7.11. The molecule has 130 valence electrons. The van der Waals surface area contributed by atoms with Gasteiger partial charge in [0, 0.05) is 24.8 Å². The van der Waals surface area contributed by atoms with Crippen LogP contribution in [0.2, 0.25) is 0 Å². The molecule has 1 aromatic carbocycles. The number of aromatic nitrogens is 1. The Morgan fingerprint density at radius 2 is 2.16 bits per heavy atom. The molecule has 1 aliphatic heterocycles. The number of carbonyl (C=O) groups excluding carboxylic acids is 1. The second-order valence-corrected chi connectivity index (χ2v) is 8.20. The van der Waals surface area contributed by atoms with Crippen molar-refractivity contribution in [3.05, 3.63) is 41.3 Å². The molecule has 2 N–H and O–H groups in total. The predicted molar refractivity (Wildman–Crippen MR) is 105 cm³/mol. The molecule has 0 radical (unpaired) electrons. The molecule has 1 atom stereocenters. The Hall–Kier alpha value is -1.96. The van der Waals surface area contributed by atoms with Crippen LogP contribution in [-0.4, -0.2) is 42.0 Å². The fourth-order valence-corrected chi connectivity index (χ4v) is 5.32. The lowest BCUT2D eigenvalue weighted by atomic mass is 10.2. The van der Waals surface area contributed by atoms with Gasteiger partial charge in [-0.25, -0.2) is 4.98 Å². The van der Waals surface area contributed by atoms with Gasteiger partial charge < -0.3 is 15.5 Å². The summed E-state index contributed by atoms with van der Waals surface area (Å²) in [6.45, 7) is 1.71. The van der Waals surface area contributed by atoms with Gasteiger partial charge in [-0.3, -0.25) is 4.79 Å². The number of rotatable bonds is 5. The van der Waals surface area contributed by atoms with E-state index >= 15 is 0 Å². The summed E-state index contributed by atoms with van der Waals surface area (Å²) in [7, 11) is 1.94. The molecule has 4 rings (SSSR count). The maximum Gasteiger partial charge on any atom is 0.264 e. The Bertz CT molecular complexity index is 842. The number of thiophene rings is 1. The summed E-state index contributed by atoms with van der Waals surface area (Å²) in [6, 6.07) is 12.3. The number of fused-ring (bicyclic) bond motifs is 1. The molecule has 3 heterocycles. The van der Waals surface area contributed by atoms with Crippen LogP contribution in [0.4, 0.5) is 10.8 Å². The van der Waals surface area contributed by atoms with Crippen LogP contribution in [0.1, 0.15) is 22.5 Å². The van der Waals surface area contributed by atoms with Crippen LogP contribution in [0, 0.1) is 0 Å². The largest absolute Gasteiger partial charge is 0.334 e. The highest BCUT2D eigenvalue weighted by atomic mass is 32.1. The first-order valence-corrected chi connectivity index (χ1v) is 10.1. The number of likely N-dealkylation sites (N-methyl/N-ethyl adjacent to an activating group) is 1. The summed E-state index contributed by atoms with van der Waals surface area (Å²) in [6.07, 6.45) is 2.16. The van der Waals surface area contributed by atoms with Gasteiger partial charge in [-0.1, -0.05) is 29.5 Å². The van der Waals surface area contributed by atoms with E-state index in [-0.39, 0.29) is 5.91 Å². The van der Waals surface area contributed by atoms with Crippen LogP contribution < -0.4 is 10.6 Å². The number of nitrogens with one attached hydrogen (secondary N) is 2. The maximum absolute atomic E-state index is 12.8. The molecule has 7 heteroatoms. The second-order valence-electron chi connectivity index (χ2n) is 6.14. The summed E-state index contributed by atoms with van der Waals surface area (Å²) < 4.78 is 1.07. The fourth-order valence-electron chi connectivity index (χ4n) is 3.23. The highest BCUT2D eigenvalue weighted by Crippen LogP contribution is 2.35. The smallest absolute Gasteiger partial charge is 0.264 e. The number of hydrogen-bond donors (Lipinski definition) is 2. The molecular formula is C18H20N4OS2. The van der Waals surface area contributed by atoms with E-state index in [2.05, 4.69) is 15.6 Å². The average Bonchev–Trinajstić information content (AvgIpc) is 3.30. The lowest BCUT2D eigenvalue weighted by Crippen LogP contribution is -2.40. The molecule has 3 aromatic rings. The quantitative estimate of drug-likeness (QED) is 0.713. The van der Waals surface area contributed by atoms with Gasteiger partial charge in [0.2, 0.25) is 0 Å². The number of amides is 1. The molecule has 1 fully saturated rings. The van der Waals surface area contributed by atoms with E-state index in [1.54, 1.807) is 11.3 Å². The number of benzene rings is 1. The van der Waals surface area contributed by atoms with Crippen molar-refractivity contribution >= 4 is 48.9 Å². The van der Waals surface area contributed by atoms with Gasteiger partial charge in [0.25, 0.3) is 5.91 Å². The third-order valence-electron chi connectivity index (χ3n) is 4.40. The van der Waals surface area contributed by atoms with E-state index in [4.69, 9.17) is 0 Å². The molecule has 0 aliphatic carbocycles. The van der Waals surface area contributed by atoms with Crippen LogP contribution in [0.5, 0.6) is 0 Å². The van der Waals surface area contributed by atoms with Crippen LogP contribution in [0.3, 0.4) is 0 Å². The molecule has 0 bridgehead atoms. The van der Waals surface area contributed by atoms with Gasteiger partial charge in [-0.2, -0.15) is 0 Å². The molecule has 2 aromatic heterocycles. The van der Waals surface area contributed by atoms with Crippen molar-refractivity contribution in [2.24, 2.45) is 0 Å². The average molecular weight is 373 g/mol. The molecule has 0 spiro atoms. The van der Waals surface area contributed by atoms with Crippen molar-refractivity contribution in [2.45, 2.75) is 18.9 Å². The molecule has 25 heavy (non-hydrogen) atoms. The molecule has 5 nitrogen and oxygen atoms in total. The summed E-state index contributed by atoms with van der Waals surface area (Å²) in [5.74, 6) is 0.144. The number of thiazole rings is 1. The monoisotopic (exact) mass is 372 g/mol. The molecule has 0 saturated carbocycles. The number of anilines is 2. The Labute approximate surface area is 154 Å². The van der Waals surface area contributed by atoms with Crippen molar-refractivity contribution in [1.29, 1.82) is 0 Å². The number of likely N-dealkylation sites (tertiary alicyclic amines) is 1. The zero-order chi connectivity index (χ0) is 17.2. The van der Waals surface area contributed by atoms with E-state index in [0.29, 0.717) is 6.04 Å². The highest BCUT2D eigenvalue weighted by Gasteiger charge is 2.30. The van der Waals surface area contributed by atoms with Crippen molar-refractivity contribution < 1.29 is 4.79 Å². The van der Waals surface area contributed by atoms with Crippen LogP contribution in [-0.2, 0) is 0 Å². The van der Waals surface area contributed by atoms with Gasteiger partial charge in [-0.05, 0) is 38.1 Å². The van der Waals surface area contributed by atoms with Crippen LogP contribution in [0.25, 0.3) is 9.53 Å². The normalized spacial score (nSPS) is 17.3. The van der Waals surface area contributed by atoms with Crippen molar-refractivity contribution in [3.63, 3.8) is 0 Å². The number of para-hydroxylation sites is 1. The Balaban J connectivity index is 1.52. The third-order valence-corrected chi connectivity index (χ3v) is 6.47. The topological polar surface area (TPSA) is 57.3 Å². The number of nitrogens with zero attached hydrogens (tertiary/aromatic N) is 2. The fraction of sp³-hybridized carbons (Fsp3) is 0.333. The van der Waals surface area contributed by atoms with Crippen LogP contribution >= 0.6 is 22.7 Å². The van der Waals surface area contributed by atoms with E-state index < -0.39 is 0 Å². The van der Waals surface area contributed by atoms with Crippen molar-refractivity contribution in [1.82, 2.24) is 15.2 Å². The first-order valence-electron chi connectivity index (χ1n) is 8.42. The minimum absolute atomic E-state index is 0.144. The predicted octanol–water partition coefficient (Wildman–Crippen LogP) is 3.93. The Kier molecular flexibility index (Phi) is 4.70. The molecule has 1 amide bonds. The van der Waals surface area contributed by atoms with E-state index in [9.17, 15) is 4.79 Å². The maximum atomic E-state index is 12.8. The molecular weight excluding hydrogens is 352 g/mol. The molecule has 1 aliphatic rings. The van der Waals surface area contributed by atoms with Gasteiger partial charge >= 0.3 is 0 Å². The Morgan fingerprint density at radius 1 is 1.32 bits per heavy atom. The minimum Gasteiger partial charge on any atom is -0.334 e. The number of hydrogen-bond acceptors (Lipinski definition) is 6. The first kappa shape index (κ1) is 16.5. The van der Waals surface area contributed by atoms with Gasteiger partial charge in [0.15, 0.2) is 5.13 Å². The first-order chi connectivity index (χ1) is 12.2. The molecule has 1 saturated heterocycles. The highest BCUT2D eigenvalue weighted by molar-refractivity contribution is 7.29. The van der Waals surface area contributed by atoms with Gasteiger partial charge in [-0.15, -0.1) is 11.3 Å². The third kappa shape index (κ3) is 3.40. The zero-order valence-corrected chi connectivity index (χ0v) is 15.6. The van der Waals surface area contributed by atoms with Gasteiger partial charge in [0.1, 0.15) is 4.83 Å². The summed E-state index contributed by atoms with van der Waals surface area (Å²) in [5.41, 5.74) is 1.02. The lowest BCUT2D eigenvalue weighted by Gasteiger charge is -2.23. The standard InChI is InChI=1S/C18H20N4OS2/c1-19-11-13-8-5-9-22(13)17(23)15-10-14-16(24-15)21-18(25-14)20-12-6-3-2-4-7-12/h2-4,6-7,10,13,19H,5,8-9,11H2,1H3,(H,20,21). The molecule has 1 unspecified atom stereocenters. The van der Waals surface area contributed by atoms with Crippen molar-refractivity contribution in [3.8, 4) is 0 Å². The zero-order valence-electron chi connectivity index (χ0n) is 14.0. The minimum atomic E-state index is 0.144. The summed E-state index contributed by atoms with van der Waals surface area (Å²) in [4.78, 5) is 21.2. The SMILES string of the molecule is CNCC1CCCN1C(=O)c1cc2sc(Nc3ccccc3)nc2s1. The Morgan fingerprint density at radius 3 is 2.92 bits per heavy atom. The van der Waals surface area contributed by atoms with Crippen molar-refractivity contribution in [2.75, 3.05) is 25.5 Å². The van der Waals surface area contributed by atoms with E-state index in [1.807, 2.05) is 48.3 Å². The summed E-state index contributed by atoms with van der Waals surface area (Å²) >= 11 is 3.08. The van der Waals surface area contributed by atoms with E-state index in [1.165, 1.54) is 11.3 Å². The van der Waals surface area contributed by atoms with Gasteiger partial charge in [0.05, 0.1) is 9.58 Å². The number of carbonyl (C=O) groups is 1. The van der Waals surface area contributed by atoms with E-state index in [0.717, 1.165) is 51.2 Å². The summed E-state index contributed by atoms with van der Waals surface area (Å²) in [5, 5.41) is 7.37.